The Kier molecular flexibility index (Phi) is 7.10. The number of sulfonamides is 1. The number of nitrogens with one attached hydrogen (secondary N) is 2. The number of aromatic nitrogens is 1. The van der Waals surface area contributed by atoms with Crippen molar-refractivity contribution in [2.75, 3.05) is 26.0 Å². The van der Waals surface area contributed by atoms with Gasteiger partial charge >= 0.3 is 5.97 Å². The summed E-state index contributed by atoms with van der Waals surface area (Å²) >= 11 is 0. The Balaban J connectivity index is 2.32. The van der Waals surface area contributed by atoms with E-state index in [2.05, 4.69) is 10.3 Å². The summed E-state index contributed by atoms with van der Waals surface area (Å²) in [6, 6.07) is 4.28. The van der Waals surface area contributed by atoms with Crippen molar-refractivity contribution in [1.29, 1.82) is 0 Å². The molecule has 0 aliphatic carbocycles. The van der Waals surface area contributed by atoms with Crippen molar-refractivity contribution in [2.24, 2.45) is 0 Å². The highest BCUT2D eigenvalue weighted by Gasteiger charge is 2.26. The molecule has 1 aromatic carbocycles. The standard InChI is InChI=1S/C21H29N3O5S/c1-8-29-21(26)18-13(3)19(23-14(18)4)20(25)15(5)22-16-10-9-12(2)17(11-16)30(27,28)24(6)7/h9-11,15,22-23H,8H2,1-7H3/t15-/m0/s1. The molecule has 1 aromatic heterocycles. The van der Waals surface area contributed by atoms with E-state index in [4.69, 9.17) is 4.74 Å². The van der Waals surface area contributed by atoms with E-state index in [0.717, 1.165) is 4.31 Å². The first kappa shape index (κ1) is 23.6. The van der Waals surface area contributed by atoms with Gasteiger partial charge in [0.2, 0.25) is 15.8 Å². The van der Waals surface area contributed by atoms with Crippen LogP contribution in [0.15, 0.2) is 23.1 Å². The minimum atomic E-state index is -3.61. The number of benzene rings is 1. The number of ether oxygens (including phenoxy) is 1. The van der Waals surface area contributed by atoms with Crippen LogP contribution in [0, 0.1) is 20.8 Å². The van der Waals surface area contributed by atoms with Gasteiger partial charge in [0.1, 0.15) is 0 Å². The summed E-state index contributed by atoms with van der Waals surface area (Å²) in [6.45, 7) is 8.78. The number of aromatic amines is 1. The van der Waals surface area contributed by atoms with Crippen molar-refractivity contribution >= 4 is 27.5 Å². The van der Waals surface area contributed by atoms with E-state index in [1.54, 1.807) is 46.8 Å². The Bertz CT molecular complexity index is 1070. The summed E-state index contributed by atoms with van der Waals surface area (Å²) in [5.74, 6) is -0.718. The van der Waals surface area contributed by atoms with Crippen molar-refractivity contribution < 1.29 is 22.7 Å². The van der Waals surface area contributed by atoms with E-state index >= 15 is 0 Å². The second kappa shape index (κ2) is 9.01. The maximum absolute atomic E-state index is 13.0. The molecule has 0 radical (unpaired) electrons. The maximum atomic E-state index is 13.0. The molecular formula is C21H29N3O5S. The van der Waals surface area contributed by atoms with Gasteiger partial charge in [-0.3, -0.25) is 4.79 Å². The van der Waals surface area contributed by atoms with E-state index < -0.39 is 22.0 Å². The lowest BCUT2D eigenvalue weighted by atomic mass is 10.0. The van der Waals surface area contributed by atoms with Gasteiger partial charge in [-0.2, -0.15) is 0 Å². The lowest BCUT2D eigenvalue weighted by molar-refractivity contribution is 0.0525. The number of hydrogen-bond acceptors (Lipinski definition) is 6. The molecule has 0 saturated carbocycles. The summed E-state index contributed by atoms with van der Waals surface area (Å²) in [6.07, 6.45) is 0. The summed E-state index contributed by atoms with van der Waals surface area (Å²) < 4.78 is 31.3. The Morgan fingerprint density at radius 3 is 2.40 bits per heavy atom. The summed E-state index contributed by atoms with van der Waals surface area (Å²) in [4.78, 5) is 28.3. The number of hydrogen-bond donors (Lipinski definition) is 2. The number of carbonyl (C=O) groups excluding carboxylic acids is 2. The van der Waals surface area contributed by atoms with Gasteiger partial charge < -0.3 is 15.0 Å². The molecule has 1 atom stereocenters. The average Bonchev–Trinajstić information content (AvgIpc) is 2.96. The molecule has 1 heterocycles. The van der Waals surface area contributed by atoms with Gasteiger partial charge in [0.15, 0.2) is 0 Å². The van der Waals surface area contributed by atoms with Crippen LogP contribution in [0.25, 0.3) is 0 Å². The van der Waals surface area contributed by atoms with E-state index in [1.165, 1.54) is 20.2 Å². The third kappa shape index (κ3) is 4.57. The van der Waals surface area contributed by atoms with E-state index in [-0.39, 0.29) is 17.3 Å². The zero-order valence-corrected chi connectivity index (χ0v) is 19.2. The number of ketones is 1. The third-order valence-electron chi connectivity index (χ3n) is 4.89. The SMILES string of the molecule is CCOC(=O)c1c(C)[nH]c(C(=O)[C@H](C)Nc2ccc(C)c(S(=O)(=O)N(C)C)c2)c1C. The number of nitrogens with zero attached hydrogens (tertiary/aromatic N) is 1. The second-order valence-corrected chi connectivity index (χ2v) is 9.46. The largest absolute Gasteiger partial charge is 0.462 e. The Hall–Kier alpha value is -2.65. The van der Waals surface area contributed by atoms with Crippen LogP contribution in [-0.2, 0) is 14.8 Å². The number of anilines is 1. The zero-order valence-electron chi connectivity index (χ0n) is 18.4. The van der Waals surface area contributed by atoms with Gasteiger partial charge in [0, 0.05) is 25.5 Å². The molecular weight excluding hydrogens is 406 g/mol. The van der Waals surface area contributed by atoms with Gasteiger partial charge in [-0.15, -0.1) is 0 Å². The van der Waals surface area contributed by atoms with Crippen LogP contribution >= 0.6 is 0 Å². The van der Waals surface area contributed by atoms with Crippen molar-refractivity contribution in [3.63, 3.8) is 0 Å². The number of esters is 1. The van der Waals surface area contributed by atoms with Gasteiger partial charge in [-0.25, -0.2) is 17.5 Å². The first-order chi connectivity index (χ1) is 13.9. The Morgan fingerprint density at radius 2 is 1.83 bits per heavy atom. The molecule has 2 aromatic rings. The fourth-order valence-corrected chi connectivity index (χ4v) is 4.35. The fraction of sp³-hybridized carbons (Fsp3) is 0.429. The normalized spacial score (nSPS) is 12.7. The third-order valence-corrected chi connectivity index (χ3v) is 6.84. The quantitative estimate of drug-likeness (QED) is 0.487. The molecule has 2 rings (SSSR count). The first-order valence-electron chi connectivity index (χ1n) is 9.62. The lowest BCUT2D eigenvalue weighted by Gasteiger charge is -2.18. The van der Waals surface area contributed by atoms with Crippen LogP contribution in [0.5, 0.6) is 0 Å². The number of H-pyrrole nitrogens is 1. The van der Waals surface area contributed by atoms with Crippen molar-refractivity contribution in [3.05, 3.63) is 46.3 Å². The molecule has 0 aliphatic rings. The molecule has 9 heteroatoms. The fourth-order valence-electron chi connectivity index (χ4n) is 3.20. The number of carbonyl (C=O) groups is 2. The molecule has 8 nitrogen and oxygen atoms in total. The van der Waals surface area contributed by atoms with Crippen LogP contribution in [0.2, 0.25) is 0 Å². The molecule has 0 amide bonds. The van der Waals surface area contributed by atoms with Crippen LogP contribution in [0.4, 0.5) is 5.69 Å². The monoisotopic (exact) mass is 435 g/mol. The Morgan fingerprint density at radius 1 is 1.20 bits per heavy atom. The first-order valence-corrected chi connectivity index (χ1v) is 11.1. The van der Waals surface area contributed by atoms with Crippen molar-refractivity contribution in [1.82, 2.24) is 9.29 Å². The minimum Gasteiger partial charge on any atom is -0.462 e. The van der Waals surface area contributed by atoms with Gasteiger partial charge in [-0.05, 0) is 57.9 Å². The zero-order chi connectivity index (χ0) is 22.8. The molecule has 0 unspecified atom stereocenters. The summed E-state index contributed by atoms with van der Waals surface area (Å²) in [5, 5.41) is 3.06. The maximum Gasteiger partial charge on any atom is 0.340 e. The van der Waals surface area contributed by atoms with E-state index in [1.807, 2.05) is 0 Å². The van der Waals surface area contributed by atoms with E-state index in [0.29, 0.717) is 33.8 Å². The average molecular weight is 436 g/mol. The molecule has 0 aliphatic heterocycles. The van der Waals surface area contributed by atoms with Crippen molar-refractivity contribution in [2.45, 2.75) is 45.6 Å². The number of rotatable bonds is 8. The lowest BCUT2D eigenvalue weighted by Crippen LogP contribution is -2.28. The highest BCUT2D eigenvalue weighted by molar-refractivity contribution is 7.89. The van der Waals surface area contributed by atoms with Crippen LogP contribution in [0.1, 0.15) is 51.5 Å². The van der Waals surface area contributed by atoms with Crippen LogP contribution < -0.4 is 5.32 Å². The van der Waals surface area contributed by atoms with E-state index in [9.17, 15) is 18.0 Å². The highest BCUT2D eigenvalue weighted by atomic mass is 32.2. The predicted octanol–water partition coefficient (Wildman–Crippen LogP) is 3.05. The molecule has 0 saturated heterocycles. The highest BCUT2D eigenvalue weighted by Crippen LogP contribution is 2.24. The van der Waals surface area contributed by atoms with Crippen LogP contribution in [-0.4, -0.2) is 56.2 Å². The molecule has 2 N–H and O–H groups in total. The molecule has 0 spiro atoms. The Labute approximate surface area is 177 Å². The molecule has 0 bridgehead atoms. The molecule has 0 fully saturated rings. The molecule has 164 valence electrons. The van der Waals surface area contributed by atoms with Gasteiger partial charge in [-0.1, -0.05) is 6.07 Å². The van der Waals surface area contributed by atoms with Crippen LogP contribution in [0.3, 0.4) is 0 Å². The smallest absolute Gasteiger partial charge is 0.340 e. The molecule has 30 heavy (non-hydrogen) atoms. The van der Waals surface area contributed by atoms with Crippen molar-refractivity contribution in [3.8, 4) is 0 Å². The topological polar surface area (TPSA) is 109 Å². The van der Waals surface area contributed by atoms with Gasteiger partial charge in [0.25, 0.3) is 0 Å². The number of aryl methyl sites for hydroxylation is 2. The summed E-state index contributed by atoms with van der Waals surface area (Å²) in [7, 11) is -0.670. The summed E-state index contributed by atoms with van der Waals surface area (Å²) in [5.41, 5.74) is 2.91. The number of Topliss-reactive ketones (excluding diaryl/α,β-unsaturated/α-hetero) is 1. The minimum absolute atomic E-state index is 0.175. The predicted molar refractivity (Wildman–Crippen MR) is 116 cm³/mol. The second-order valence-electron chi connectivity index (χ2n) is 7.34. The van der Waals surface area contributed by atoms with Gasteiger partial charge in [0.05, 0.1) is 28.8 Å².